The van der Waals surface area contributed by atoms with Crippen molar-refractivity contribution in [2.24, 2.45) is 0 Å². The second-order valence-corrected chi connectivity index (χ2v) is 9.86. The van der Waals surface area contributed by atoms with Crippen LogP contribution in [0.25, 0.3) is 0 Å². The average Bonchev–Trinajstić information content (AvgIpc) is 1.97. The van der Waals surface area contributed by atoms with E-state index < -0.39 is 0 Å². The van der Waals surface area contributed by atoms with Crippen molar-refractivity contribution in [3.05, 3.63) is 0 Å². The molecule has 1 aliphatic heterocycles. The highest BCUT2D eigenvalue weighted by Gasteiger charge is 2.14. The summed E-state index contributed by atoms with van der Waals surface area (Å²) >= 11 is 0. The summed E-state index contributed by atoms with van der Waals surface area (Å²) < 4.78 is 1.50. The van der Waals surface area contributed by atoms with Crippen molar-refractivity contribution in [3.8, 4) is 0 Å². The maximum absolute atomic E-state index is 2.26. The summed E-state index contributed by atoms with van der Waals surface area (Å²) in [6, 6.07) is 0. The second kappa shape index (κ2) is 4.59. The molecule has 1 saturated heterocycles. The van der Waals surface area contributed by atoms with Gasteiger partial charge >= 0.3 is 0 Å². The Morgan fingerprint density at radius 1 is 0.778 bits per heavy atom. The van der Waals surface area contributed by atoms with E-state index in [4.69, 9.17) is 0 Å². The van der Waals surface area contributed by atoms with Gasteiger partial charge in [0.15, 0.2) is 0 Å². The fraction of sp³-hybridized carbons (Fsp3) is 1.00. The van der Waals surface area contributed by atoms with Crippen molar-refractivity contribution >= 4 is 53.0 Å². The molecular weight excluding hydrogens is 208 g/mol. The molecular formula is C4H8S5. The topological polar surface area (TPSA) is 0 Å². The molecule has 0 saturated carbocycles. The predicted molar refractivity (Wildman–Crippen MR) is 56.9 cm³/mol. The Morgan fingerprint density at radius 2 is 1.22 bits per heavy atom. The van der Waals surface area contributed by atoms with Crippen LogP contribution in [0.4, 0.5) is 0 Å². The quantitative estimate of drug-likeness (QED) is 0.557. The minimum absolute atomic E-state index is 0.748. The molecule has 2 atom stereocenters. The second-order valence-electron chi connectivity index (χ2n) is 1.59. The Bertz CT molecular complexity index is 75.0. The van der Waals surface area contributed by atoms with E-state index in [1.165, 1.54) is 0 Å². The van der Waals surface area contributed by atoms with E-state index in [1.807, 2.05) is 53.0 Å². The first-order valence-electron chi connectivity index (χ1n) is 2.60. The molecule has 1 aliphatic rings. The van der Waals surface area contributed by atoms with Crippen LogP contribution in [-0.2, 0) is 0 Å². The first kappa shape index (κ1) is 8.84. The standard InChI is InChI=1S/C4H8S5/c1-3-5-6-4(2)8-9-7-3/h3-4H,1-2H3/t3-,4+. The van der Waals surface area contributed by atoms with E-state index in [9.17, 15) is 0 Å². The van der Waals surface area contributed by atoms with Crippen molar-refractivity contribution in [1.82, 2.24) is 0 Å². The van der Waals surface area contributed by atoms with Crippen molar-refractivity contribution in [3.63, 3.8) is 0 Å². The molecule has 9 heavy (non-hydrogen) atoms. The molecule has 0 amide bonds. The molecule has 0 unspecified atom stereocenters. The molecule has 0 aromatic rings. The molecule has 0 aliphatic carbocycles. The summed E-state index contributed by atoms with van der Waals surface area (Å²) in [7, 11) is 9.82. The maximum Gasteiger partial charge on any atom is 0.0690 e. The van der Waals surface area contributed by atoms with Gasteiger partial charge in [-0.25, -0.2) is 0 Å². The largest absolute Gasteiger partial charge is 0.0779 e. The van der Waals surface area contributed by atoms with E-state index in [2.05, 4.69) is 13.8 Å². The predicted octanol–water partition coefficient (Wildman–Crippen LogP) is 4.10. The van der Waals surface area contributed by atoms with E-state index >= 15 is 0 Å². The van der Waals surface area contributed by atoms with E-state index in [1.54, 1.807) is 0 Å². The Morgan fingerprint density at radius 3 is 1.67 bits per heavy atom. The van der Waals surface area contributed by atoms with Crippen LogP contribution in [0.15, 0.2) is 0 Å². The molecule has 0 aromatic heterocycles. The Balaban J connectivity index is 2.25. The molecule has 0 radical (unpaired) electrons. The van der Waals surface area contributed by atoms with Gasteiger partial charge in [-0.05, 0) is 23.7 Å². The van der Waals surface area contributed by atoms with Crippen molar-refractivity contribution in [2.45, 2.75) is 23.0 Å². The summed E-state index contributed by atoms with van der Waals surface area (Å²) in [6.07, 6.45) is 0. The number of rotatable bonds is 0. The summed E-state index contributed by atoms with van der Waals surface area (Å²) in [4.78, 5) is 0. The third kappa shape index (κ3) is 3.60. The highest BCUT2D eigenvalue weighted by Crippen LogP contribution is 2.54. The third-order valence-electron chi connectivity index (χ3n) is 0.676. The molecule has 54 valence electrons. The van der Waals surface area contributed by atoms with Crippen LogP contribution in [0.2, 0.25) is 0 Å². The van der Waals surface area contributed by atoms with Crippen molar-refractivity contribution in [2.75, 3.05) is 0 Å². The van der Waals surface area contributed by atoms with E-state index in [0.29, 0.717) is 0 Å². The molecule has 0 nitrogen and oxygen atoms in total. The van der Waals surface area contributed by atoms with Gasteiger partial charge in [-0.15, -0.1) is 0 Å². The fourth-order valence-electron chi connectivity index (χ4n) is 0.322. The van der Waals surface area contributed by atoms with Crippen LogP contribution < -0.4 is 0 Å². The Kier molecular flexibility index (Phi) is 4.51. The highest BCUT2D eigenvalue weighted by atomic mass is 33.5. The normalized spacial score (nSPS) is 38.0. The van der Waals surface area contributed by atoms with E-state index in [0.717, 1.165) is 9.16 Å². The van der Waals surface area contributed by atoms with Crippen LogP contribution in [0.5, 0.6) is 0 Å². The minimum atomic E-state index is 0.748. The van der Waals surface area contributed by atoms with E-state index in [-0.39, 0.29) is 0 Å². The van der Waals surface area contributed by atoms with Crippen molar-refractivity contribution < 1.29 is 0 Å². The third-order valence-corrected chi connectivity index (χ3v) is 10.3. The zero-order valence-corrected chi connectivity index (χ0v) is 9.28. The van der Waals surface area contributed by atoms with Gasteiger partial charge in [0, 0.05) is 0 Å². The first-order chi connectivity index (χ1) is 4.29. The summed E-state index contributed by atoms with van der Waals surface area (Å²) in [5.41, 5.74) is 0. The lowest BCUT2D eigenvalue weighted by Gasteiger charge is -2.02. The summed E-state index contributed by atoms with van der Waals surface area (Å²) in [6.45, 7) is 4.52. The van der Waals surface area contributed by atoms with Crippen molar-refractivity contribution in [1.29, 1.82) is 0 Å². The SMILES string of the molecule is C[C@@H]1SSS[C@H](C)SS1. The lowest BCUT2D eigenvalue weighted by Crippen LogP contribution is -1.81. The van der Waals surface area contributed by atoms with Gasteiger partial charge in [-0.3, -0.25) is 0 Å². The van der Waals surface area contributed by atoms with Crippen LogP contribution in [0, 0.1) is 0 Å². The zero-order chi connectivity index (χ0) is 6.69. The van der Waals surface area contributed by atoms with Crippen LogP contribution in [-0.4, -0.2) is 9.16 Å². The van der Waals surface area contributed by atoms with Gasteiger partial charge < -0.3 is 0 Å². The Labute approximate surface area is 75.6 Å². The molecule has 0 bridgehead atoms. The zero-order valence-electron chi connectivity index (χ0n) is 5.20. The average molecular weight is 216 g/mol. The lowest BCUT2D eigenvalue weighted by molar-refractivity contribution is 1.44. The van der Waals surface area contributed by atoms with Crippen LogP contribution in [0.3, 0.4) is 0 Å². The smallest absolute Gasteiger partial charge is 0.0690 e. The number of hydrogen-bond acceptors (Lipinski definition) is 5. The van der Waals surface area contributed by atoms with Gasteiger partial charge in [0.05, 0.1) is 9.16 Å². The van der Waals surface area contributed by atoms with Gasteiger partial charge in [0.1, 0.15) is 0 Å². The molecule has 0 spiro atoms. The monoisotopic (exact) mass is 216 g/mol. The molecule has 0 N–H and O–H groups in total. The Hall–Kier alpha value is 1.75. The highest BCUT2D eigenvalue weighted by molar-refractivity contribution is 9.13. The maximum atomic E-state index is 2.26. The summed E-state index contributed by atoms with van der Waals surface area (Å²) in [5.74, 6) is 0. The lowest BCUT2D eigenvalue weighted by atomic mass is 11.0. The number of hydrogen-bond donors (Lipinski definition) is 0. The van der Waals surface area contributed by atoms with Gasteiger partial charge in [0.2, 0.25) is 0 Å². The van der Waals surface area contributed by atoms with Gasteiger partial charge in [0.25, 0.3) is 0 Å². The van der Waals surface area contributed by atoms with Crippen LogP contribution >= 0.6 is 53.0 Å². The molecule has 1 rings (SSSR count). The molecule has 1 heterocycles. The van der Waals surface area contributed by atoms with Crippen LogP contribution in [0.1, 0.15) is 13.8 Å². The van der Waals surface area contributed by atoms with Gasteiger partial charge in [-0.1, -0.05) is 43.2 Å². The summed E-state index contributed by atoms with van der Waals surface area (Å²) in [5, 5.41) is 0. The fourth-order valence-corrected chi connectivity index (χ4v) is 10.2. The molecule has 5 heteroatoms. The molecule has 0 aromatic carbocycles. The molecule has 1 fully saturated rings. The minimum Gasteiger partial charge on any atom is -0.0779 e. The first-order valence-corrected chi connectivity index (χ1v) is 8.48. The van der Waals surface area contributed by atoms with Gasteiger partial charge in [-0.2, -0.15) is 0 Å².